The van der Waals surface area contributed by atoms with Gasteiger partial charge in [0, 0.05) is 24.2 Å². The Kier molecular flexibility index (Phi) is 3.71. The molecule has 1 heterocycles. The van der Waals surface area contributed by atoms with Crippen LogP contribution in [0.5, 0.6) is 0 Å². The van der Waals surface area contributed by atoms with Gasteiger partial charge in [-0.15, -0.1) is 0 Å². The van der Waals surface area contributed by atoms with E-state index < -0.39 is 0 Å². The Morgan fingerprint density at radius 1 is 0.880 bits per heavy atom. The molecule has 3 heteroatoms. The summed E-state index contributed by atoms with van der Waals surface area (Å²) in [6.07, 6.45) is 11.8. The van der Waals surface area contributed by atoms with Crippen molar-refractivity contribution in [2.24, 2.45) is 34.5 Å². The highest BCUT2D eigenvalue weighted by atomic mass is 16.7. The first-order chi connectivity index (χ1) is 12.0. The van der Waals surface area contributed by atoms with Crippen molar-refractivity contribution in [3.63, 3.8) is 0 Å². The van der Waals surface area contributed by atoms with Gasteiger partial charge in [-0.2, -0.15) is 0 Å². The van der Waals surface area contributed by atoms with Crippen LogP contribution in [0.15, 0.2) is 0 Å². The second kappa shape index (κ2) is 5.55. The van der Waals surface area contributed by atoms with Gasteiger partial charge in [-0.1, -0.05) is 20.3 Å². The minimum atomic E-state index is -0.289. The van der Waals surface area contributed by atoms with Crippen molar-refractivity contribution in [1.29, 1.82) is 0 Å². The summed E-state index contributed by atoms with van der Waals surface area (Å²) < 4.78 is 12.6. The molecular weight excluding hydrogens is 312 g/mol. The molecule has 3 nitrogen and oxygen atoms in total. The number of hydrogen-bond donors (Lipinski definition) is 0. The Morgan fingerprint density at radius 2 is 1.64 bits per heavy atom. The van der Waals surface area contributed by atoms with Crippen LogP contribution in [-0.2, 0) is 14.3 Å². The van der Waals surface area contributed by atoms with Crippen LogP contribution in [-0.4, -0.2) is 24.8 Å². The molecule has 5 rings (SSSR count). The van der Waals surface area contributed by atoms with E-state index in [-0.39, 0.29) is 11.2 Å². The summed E-state index contributed by atoms with van der Waals surface area (Å²) in [4.78, 5) is 12.6. The lowest BCUT2D eigenvalue weighted by molar-refractivity contribution is -0.248. The van der Waals surface area contributed by atoms with Crippen molar-refractivity contribution in [3.8, 4) is 0 Å². The molecule has 25 heavy (non-hydrogen) atoms. The lowest BCUT2D eigenvalue weighted by atomic mass is 9.46. The Labute approximate surface area is 152 Å². The Bertz CT molecular complexity index is 566. The summed E-state index contributed by atoms with van der Waals surface area (Å²) in [6, 6.07) is 0. The average molecular weight is 347 g/mol. The second-order valence-corrected chi connectivity index (χ2v) is 10.1. The van der Waals surface area contributed by atoms with Crippen molar-refractivity contribution in [2.45, 2.75) is 83.8 Å². The molecule has 0 amide bonds. The van der Waals surface area contributed by atoms with E-state index in [0.717, 1.165) is 50.7 Å². The maximum Gasteiger partial charge on any atom is 0.171 e. The van der Waals surface area contributed by atoms with Crippen LogP contribution in [0.4, 0.5) is 0 Å². The normalized spacial score (nSPS) is 51.7. The molecule has 0 aromatic carbocycles. The number of ketones is 1. The van der Waals surface area contributed by atoms with E-state index in [9.17, 15) is 4.79 Å². The molecule has 1 spiro atoms. The van der Waals surface area contributed by atoms with Crippen LogP contribution < -0.4 is 0 Å². The molecule has 0 N–H and O–H groups in total. The summed E-state index contributed by atoms with van der Waals surface area (Å²) in [5.74, 6) is 2.97. The van der Waals surface area contributed by atoms with E-state index in [4.69, 9.17) is 9.47 Å². The van der Waals surface area contributed by atoms with Gasteiger partial charge in [0.25, 0.3) is 0 Å². The highest BCUT2D eigenvalue weighted by Gasteiger charge is 2.63. The zero-order chi connectivity index (χ0) is 17.3. The Balaban J connectivity index is 1.50. The van der Waals surface area contributed by atoms with E-state index in [1.165, 1.54) is 38.5 Å². The molecule has 5 aliphatic rings. The van der Waals surface area contributed by atoms with E-state index in [2.05, 4.69) is 13.8 Å². The van der Waals surface area contributed by atoms with Crippen molar-refractivity contribution in [2.75, 3.05) is 13.2 Å². The molecule has 4 saturated carbocycles. The number of rotatable bonds is 0. The fourth-order valence-electron chi connectivity index (χ4n) is 8.18. The minimum Gasteiger partial charge on any atom is -0.347 e. The summed E-state index contributed by atoms with van der Waals surface area (Å²) in [5.41, 5.74) is 0.323. The first-order valence-corrected chi connectivity index (χ1v) is 10.8. The average Bonchev–Trinajstić information content (AvgIpc) is 3.14. The molecule has 1 saturated heterocycles. The highest BCUT2D eigenvalue weighted by molar-refractivity contribution is 5.87. The first kappa shape index (κ1) is 16.7. The topological polar surface area (TPSA) is 35.5 Å². The minimum absolute atomic E-state index is 0.00681. The lowest BCUT2D eigenvalue weighted by Gasteiger charge is -2.60. The van der Waals surface area contributed by atoms with Gasteiger partial charge in [0.1, 0.15) is 5.78 Å². The third-order valence-corrected chi connectivity index (χ3v) is 9.38. The van der Waals surface area contributed by atoms with Gasteiger partial charge >= 0.3 is 0 Å². The Morgan fingerprint density at radius 3 is 2.44 bits per heavy atom. The van der Waals surface area contributed by atoms with Crippen LogP contribution in [0.2, 0.25) is 0 Å². The SMILES string of the molecule is C[C@]12CCCCC3(OCCO3)C1CC[C@@H]1C2CC[C@]2(C)C(=O)CC[C@@H]12. The standard InChI is InChI=1S/C22H34O3/c1-20-10-3-4-11-22(24-13-14-25-22)18(20)7-5-15-16-6-8-19(23)21(16,2)12-9-17(15)20/h15-18H,3-14H2,1-2H3/t15-,16-,17?,18?,20+,21-/m0/s1. The van der Waals surface area contributed by atoms with Crippen molar-refractivity contribution < 1.29 is 14.3 Å². The summed E-state index contributed by atoms with van der Waals surface area (Å²) in [7, 11) is 0. The van der Waals surface area contributed by atoms with Crippen LogP contribution in [0.1, 0.15) is 78.1 Å². The molecule has 0 aromatic rings. The van der Waals surface area contributed by atoms with Crippen molar-refractivity contribution in [1.82, 2.24) is 0 Å². The van der Waals surface area contributed by atoms with E-state index in [1.807, 2.05) is 0 Å². The zero-order valence-corrected chi connectivity index (χ0v) is 16.0. The third-order valence-electron chi connectivity index (χ3n) is 9.38. The van der Waals surface area contributed by atoms with Gasteiger partial charge in [0.05, 0.1) is 13.2 Å². The fraction of sp³-hybridized carbons (Fsp3) is 0.955. The molecule has 0 radical (unpaired) electrons. The molecule has 0 bridgehead atoms. The maximum atomic E-state index is 12.6. The summed E-state index contributed by atoms with van der Waals surface area (Å²) >= 11 is 0. The number of Topliss-reactive ketones (excluding diaryl/α,β-unsaturated/α-hetero) is 1. The van der Waals surface area contributed by atoms with E-state index in [1.54, 1.807) is 0 Å². The molecule has 140 valence electrons. The smallest absolute Gasteiger partial charge is 0.171 e. The lowest BCUT2D eigenvalue weighted by Crippen LogP contribution is -2.57. The maximum absolute atomic E-state index is 12.6. The first-order valence-electron chi connectivity index (χ1n) is 10.8. The van der Waals surface area contributed by atoms with Gasteiger partial charge in [-0.05, 0) is 68.1 Å². The number of carbonyl (C=O) groups is 1. The highest BCUT2D eigenvalue weighted by Crippen LogP contribution is 2.66. The van der Waals surface area contributed by atoms with Crippen LogP contribution >= 0.6 is 0 Å². The van der Waals surface area contributed by atoms with Gasteiger partial charge < -0.3 is 9.47 Å². The van der Waals surface area contributed by atoms with Gasteiger partial charge in [0.15, 0.2) is 5.79 Å². The predicted molar refractivity (Wildman–Crippen MR) is 96.0 cm³/mol. The largest absolute Gasteiger partial charge is 0.347 e. The van der Waals surface area contributed by atoms with E-state index >= 15 is 0 Å². The zero-order valence-electron chi connectivity index (χ0n) is 16.0. The molecule has 4 aliphatic carbocycles. The number of ether oxygens (including phenoxy) is 2. The van der Waals surface area contributed by atoms with Gasteiger partial charge in [0.2, 0.25) is 0 Å². The molecule has 0 aromatic heterocycles. The number of hydrogen-bond acceptors (Lipinski definition) is 3. The van der Waals surface area contributed by atoms with Crippen LogP contribution in [0.3, 0.4) is 0 Å². The van der Waals surface area contributed by atoms with Crippen molar-refractivity contribution in [3.05, 3.63) is 0 Å². The summed E-state index contributed by atoms with van der Waals surface area (Å²) in [6.45, 7) is 6.40. The monoisotopic (exact) mass is 346 g/mol. The second-order valence-electron chi connectivity index (χ2n) is 10.1. The van der Waals surface area contributed by atoms with Crippen LogP contribution in [0.25, 0.3) is 0 Å². The number of fused-ring (bicyclic) bond motifs is 6. The summed E-state index contributed by atoms with van der Waals surface area (Å²) in [5, 5.41) is 0. The third kappa shape index (κ3) is 2.15. The fourth-order valence-corrected chi connectivity index (χ4v) is 8.18. The van der Waals surface area contributed by atoms with Crippen molar-refractivity contribution >= 4 is 5.78 Å². The van der Waals surface area contributed by atoms with Crippen LogP contribution in [0, 0.1) is 34.5 Å². The Hall–Kier alpha value is -0.410. The molecule has 2 unspecified atom stereocenters. The van der Waals surface area contributed by atoms with Gasteiger partial charge in [-0.3, -0.25) is 4.79 Å². The van der Waals surface area contributed by atoms with E-state index in [0.29, 0.717) is 23.0 Å². The molecule has 5 fully saturated rings. The predicted octanol–water partition coefficient (Wildman–Crippen LogP) is 4.73. The molecular formula is C22H34O3. The molecule has 1 aliphatic heterocycles. The number of carbonyl (C=O) groups excluding carboxylic acids is 1. The van der Waals surface area contributed by atoms with Gasteiger partial charge in [-0.25, -0.2) is 0 Å². The quantitative estimate of drug-likeness (QED) is 0.636. The molecule has 6 atom stereocenters.